The molecule has 0 amide bonds. The summed E-state index contributed by atoms with van der Waals surface area (Å²) < 4.78 is 0.624. The van der Waals surface area contributed by atoms with Crippen LogP contribution >= 0.6 is 22.9 Å². The van der Waals surface area contributed by atoms with Crippen molar-refractivity contribution in [2.45, 2.75) is 45.1 Å². The highest BCUT2D eigenvalue weighted by atomic mass is 35.5. The van der Waals surface area contributed by atoms with Crippen molar-refractivity contribution >= 4 is 22.9 Å². The Hall–Kier alpha value is -0.160. The minimum Gasteiger partial charge on any atom is -0.385 e. The number of aromatic nitrogens is 1. The lowest BCUT2D eigenvalue weighted by Gasteiger charge is -2.42. The summed E-state index contributed by atoms with van der Waals surface area (Å²) in [6, 6.07) is 0. The molecule has 18 heavy (non-hydrogen) atoms. The van der Waals surface area contributed by atoms with Crippen LogP contribution in [0.25, 0.3) is 0 Å². The molecule has 0 aromatic carbocycles. The molecule has 1 aromatic rings. The first-order chi connectivity index (χ1) is 8.61. The molecular formula is C13H21ClN2OS. The van der Waals surface area contributed by atoms with E-state index in [0.29, 0.717) is 21.8 Å². The molecule has 3 N–H and O–H groups in total. The SMILES string of the molecule is CCC1CCCC(CN)(C(O)c2ncc(Cl)s2)C1. The first-order valence-corrected chi connectivity index (χ1v) is 7.80. The number of aliphatic hydroxyl groups is 1. The number of nitrogens with two attached hydrogens (primary N) is 1. The first kappa shape index (κ1) is 14.3. The molecule has 1 heterocycles. The van der Waals surface area contributed by atoms with Crippen molar-refractivity contribution in [1.29, 1.82) is 0 Å². The lowest BCUT2D eigenvalue weighted by molar-refractivity contribution is -0.0163. The van der Waals surface area contributed by atoms with Crippen LogP contribution in [0.15, 0.2) is 6.20 Å². The van der Waals surface area contributed by atoms with Crippen molar-refractivity contribution in [2.75, 3.05) is 6.54 Å². The molecule has 1 aliphatic carbocycles. The zero-order chi connectivity index (χ0) is 13.2. The molecule has 1 aromatic heterocycles. The molecule has 0 bridgehead atoms. The van der Waals surface area contributed by atoms with Gasteiger partial charge in [0.1, 0.15) is 15.4 Å². The fourth-order valence-corrected chi connectivity index (χ4v) is 4.13. The number of rotatable bonds is 4. The van der Waals surface area contributed by atoms with Gasteiger partial charge in [-0.25, -0.2) is 4.98 Å². The van der Waals surface area contributed by atoms with Crippen molar-refractivity contribution in [3.63, 3.8) is 0 Å². The molecule has 102 valence electrons. The maximum absolute atomic E-state index is 10.6. The molecular weight excluding hydrogens is 268 g/mol. The van der Waals surface area contributed by atoms with Crippen LogP contribution < -0.4 is 5.73 Å². The summed E-state index contributed by atoms with van der Waals surface area (Å²) in [6.07, 6.45) is 6.57. The van der Waals surface area contributed by atoms with Gasteiger partial charge in [-0.2, -0.15) is 0 Å². The monoisotopic (exact) mass is 288 g/mol. The predicted molar refractivity (Wildman–Crippen MR) is 75.8 cm³/mol. The van der Waals surface area contributed by atoms with Crippen LogP contribution in [0.5, 0.6) is 0 Å². The molecule has 0 radical (unpaired) electrons. The summed E-state index contributed by atoms with van der Waals surface area (Å²) >= 11 is 7.26. The van der Waals surface area contributed by atoms with Gasteiger partial charge in [-0.1, -0.05) is 37.8 Å². The van der Waals surface area contributed by atoms with E-state index in [4.69, 9.17) is 17.3 Å². The van der Waals surface area contributed by atoms with Crippen LogP contribution in [-0.2, 0) is 0 Å². The van der Waals surface area contributed by atoms with Crippen LogP contribution in [0.2, 0.25) is 4.34 Å². The van der Waals surface area contributed by atoms with Gasteiger partial charge in [0.25, 0.3) is 0 Å². The molecule has 1 fully saturated rings. The van der Waals surface area contributed by atoms with Gasteiger partial charge in [-0.15, -0.1) is 11.3 Å². The van der Waals surface area contributed by atoms with Crippen molar-refractivity contribution in [1.82, 2.24) is 4.98 Å². The molecule has 3 unspecified atom stereocenters. The topological polar surface area (TPSA) is 59.1 Å². The number of hydrogen-bond acceptors (Lipinski definition) is 4. The van der Waals surface area contributed by atoms with E-state index in [1.807, 2.05) is 0 Å². The minimum absolute atomic E-state index is 0.208. The Labute approximate surface area is 117 Å². The van der Waals surface area contributed by atoms with Crippen molar-refractivity contribution in [3.8, 4) is 0 Å². The van der Waals surface area contributed by atoms with Gasteiger partial charge in [0.2, 0.25) is 0 Å². The van der Waals surface area contributed by atoms with Crippen LogP contribution in [-0.4, -0.2) is 16.6 Å². The van der Waals surface area contributed by atoms with Gasteiger partial charge in [-0.05, 0) is 18.8 Å². The summed E-state index contributed by atoms with van der Waals surface area (Å²) in [7, 11) is 0. The van der Waals surface area contributed by atoms with E-state index >= 15 is 0 Å². The molecule has 1 saturated carbocycles. The van der Waals surface area contributed by atoms with Gasteiger partial charge in [0.05, 0.1) is 6.20 Å². The second-order valence-corrected chi connectivity index (χ2v) is 7.04. The normalized spacial score (nSPS) is 30.3. The third kappa shape index (κ3) is 2.72. The number of thiazole rings is 1. The maximum atomic E-state index is 10.6. The van der Waals surface area contributed by atoms with Gasteiger partial charge >= 0.3 is 0 Å². The highest BCUT2D eigenvalue weighted by molar-refractivity contribution is 7.15. The maximum Gasteiger partial charge on any atom is 0.123 e. The minimum atomic E-state index is -0.575. The Morgan fingerprint density at radius 2 is 2.50 bits per heavy atom. The molecule has 0 saturated heterocycles. The second kappa shape index (κ2) is 5.87. The average Bonchev–Trinajstić information content (AvgIpc) is 2.84. The van der Waals surface area contributed by atoms with Crippen LogP contribution in [0.3, 0.4) is 0 Å². The van der Waals surface area contributed by atoms with E-state index in [2.05, 4.69) is 11.9 Å². The fraction of sp³-hybridized carbons (Fsp3) is 0.769. The summed E-state index contributed by atoms with van der Waals surface area (Å²) in [5.41, 5.74) is 5.78. The molecule has 3 atom stereocenters. The Bertz CT molecular complexity index is 398. The summed E-state index contributed by atoms with van der Waals surface area (Å²) in [5, 5.41) is 11.3. The largest absolute Gasteiger partial charge is 0.385 e. The Morgan fingerprint density at radius 1 is 1.72 bits per heavy atom. The smallest absolute Gasteiger partial charge is 0.123 e. The van der Waals surface area contributed by atoms with Crippen LogP contribution in [0.4, 0.5) is 0 Å². The second-order valence-electron chi connectivity index (χ2n) is 5.34. The molecule has 2 rings (SSSR count). The molecule has 0 spiro atoms. The van der Waals surface area contributed by atoms with Gasteiger partial charge in [0, 0.05) is 12.0 Å². The molecule has 0 aliphatic heterocycles. The van der Waals surface area contributed by atoms with E-state index in [0.717, 1.165) is 25.7 Å². The lowest BCUT2D eigenvalue weighted by atomic mass is 9.66. The molecule has 3 nitrogen and oxygen atoms in total. The zero-order valence-corrected chi connectivity index (χ0v) is 12.3. The van der Waals surface area contributed by atoms with Gasteiger partial charge < -0.3 is 10.8 Å². The standard InChI is InChI=1S/C13H21ClN2OS/c1-2-9-4-3-5-13(6-9,8-15)11(17)12-16-7-10(14)18-12/h7,9,11,17H,2-6,8,15H2,1H3. The van der Waals surface area contributed by atoms with Crippen molar-refractivity contribution in [3.05, 3.63) is 15.5 Å². The molecule has 1 aliphatic rings. The van der Waals surface area contributed by atoms with Gasteiger partial charge in [-0.3, -0.25) is 0 Å². The highest BCUT2D eigenvalue weighted by Crippen LogP contribution is 2.48. The third-order valence-corrected chi connectivity index (χ3v) is 5.44. The third-order valence-electron chi connectivity index (χ3n) is 4.28. The van der Waals surface area contributed by atoms with E-state index < -0.39 is 6.10 Å². The van der Waals surface area contributed by atoms with E-state index in [-0.39, 0.29) is 5.41 Å². The number of aliphatic hydroxyl groups excluding tert-OH is 1. The quantitative estimate of drug-likeness (QED) is 0.893. The Morgan fingerprint density at radius 3 is 3.06 bits per heavy atom. The summed E-state index contributed by atoms with van der Waals surface area (Å²) in [5.74, 6) is 0.674. The Kier molecular flexibility index (Phi) is 4.64. The summed E-state index contributed by atoms with van der Waals surface area (Å²) in [6.45, 7) is 2.73. The highest BCUT2D eigenvalue weighted by Gasteiger charge is 2.42. The van der Waals surface area contributed by atoms with E-state index in [9.17, 15) is 5.11 Å². The predicted octanol–water partition coefficient (Wildman–Crippen LogP) is 3.38. The van der Waals surface area contributed by atoms with Crippen molar-refractivity contribution in [2.24, 2.45) is 17.1 Å². The molecule has 5 heteroatoms. The lowest BCUT2D eigenvalue weighted by Crippen LogP contribution is -2.41. The number of nitrogens with zero attached hydrogens (tertiary/aromatic N) is 1. The zero-order valence-electron chi connectivity index (χ0n) is 10.7. The van der Waals surface area contributed by atoms with Crippen molar-refractivity contribution < 1.29 is 5.11 Å². The first-order valence-electron chi connectivity index (χ1n) is 6.60. The van der Waals surface area contributed by atoms with Crippen LogP contribution in [0, 0.1) is 11.3 Å². The van der Waals surface area contributed by atoms with E-state index in [1.54, 1.807) is 6.20 Å². The summed E-state index contributed by atoms with van der Waals surface area (Å²) in [4.78, 5) is 4.22. The van der Waals surface area contributed by atoms with E-state index in [1.165, 1.54) is 17.8 Å². The Balaban J connectivity index is 2.20. The van der Waals surface area contributed by atoms with Crippen LogP contribution in [0.1, 0.15) is 50.1 Å². The van der Waals surface area contributed by atoms with Gasteiger partial charge in [0.15, 0.2) is 0 Å². The fourth-order valence-electron chi connectivity index (χ4n) is 3.07. The number of halogens is 1. The average molecular weight is 289 g/mol. The number of hydrogen-bond donors (Lipinski definition) is 2.